The Hall–Kier alpha value is -5.88. The average molecular weight is 939 g/mol. The van der Waals surface area contributed by atoms with Gasteiger partial charge < -0.3 is 34.2 Å². The molecule has 0 aliphatic heterocycles. The number of unbranched alkanes of at least 4 members (excludes halogenated alkanes) is 4. The lowest BCUT2D eigenvalue weighted by atomic mass is 9.80. The molecule has 11 nitrogen and oxygen atoms in total. The number of carbonyl (C=O) groups is 2. The van der Waals surface area contributed by atoms with Crippen molar-refractivity contribution in [1.82, 2.24) is 0 Å². The molecule has 0 N–H and O–H groups in total. The van der Waals surface area contributed by atoms with E-state index in [1.54, 1.807) is 0 Å². The van der Waals surface area contributed by atoms with Crippen LogP contribution in [0.3, 0.4) is 0 Å². The number of allylic oxidation sites excluding steroid dienone is 14. The molecule has 0 saturated heterocycles. The Bertz CT molecular complexity index is 2220. The summed E-state index contributed by atoms with van der Waals surface area (Å²) in [5.74, 6) is -0.787. The van der Waals surface area contributed by atoms with Crippen molar-refractivity contribution in [1.29, 1.82) is 0 Å². The molecule has 2 aromatic rings. The van der Waals surface area contributed by atoms with Gasteiger partial charge in [0.1, 0.15) is 27.3 Å². The Morgan fingerprint density at radius 3 is 1.03 bits per heavy atom. The topological polar surface area (TPSA) is 120 Å². The molecule has 0 saturated carbocycles. The van der Waals surface area contributed by atoms with E-state index in [1.807, 2.05) is 111 Å². The summed E-state index contributed by atoms with van der Waals surface area (Å²) in [4.78, 5) is 31.3. The summed E-state index contributed by atoms with van der Waals surface area (Å²) in [5.41, 5.74) is 7.87. The molecular formula is C58H74N4O7. The highest BCUT2D eigenvalue weighted by atomic mass is 16.5. The lowest BCUT2D eigenvalue weighted by molar-refractivity contribution is -0.499. The number of rotatable bonds is 28. The van der Waals surface area contributed by atoms with Crippen LogP contribution in [-0.2, 0) is 23.8 Å². The second-order valence-corrected chi connectivity index (χ2v) is 18.1. The standard InChI is InChI=1S/C58H74N4O7/c1-7-11-31-61(32-12-8-2)49-27-19-45(20-28-49)53-55(63)51(56(53)64)43-15-23-47(24-16-43)59(5)35-37-67-39-41-69-42-40-68-38-36-60(6)48-25-17-44(18-26-48)52-57(65)54(58(52)66)46-21-29-50(30-22-46)62(33-13-9-3)34-14-10-4/h15-30H,7-14,31-42H2,1-6H3. The van der Waals surface area contributed by atoms with Crippen LogP contribution in [0.25, 0.3) is 11.1 Å². The smallest absolute Gasteiger partial charge is 0.199 e. The molecule has 0 spiro atoms. The molecule has 0 fully saturated rings. The molecule has 4 aliphatic carbocycles. The van der Waals surface area contributed by atoms with Gasteiger partial charge in [-0.3, -0.25) is 9.59 Å². The first-order valence-electron chi connectivity index (χ1n) is 25.3. The van der Waals surface area contributed by atoms with E-state index in [2.05, 4.69) is 46.6 Å². The monoisotopic (exact) mass is 939 g/mol. The Kier molecular flexibility index (Phi) is 20.4. The Labute approximate surface area is 411 Å². The first-order chi connectivity index (χ1) is 33.6. The lowest BCUT2D eigenvalue weighted by Crippen LogP contribution is -2.30. The van der Waals surface area contributed by atoms with Gasteiger partial charge in [-0.2, -0.15) is 0 Å². The molecule has 0 unspecified atom stereocenters. The molecule has 6 rings (SSSR count). The maximum Gasteiger partial charge on any atom is 0.199 e. The summed E-state index contributed by atoms with van der Waals surface area (Å²) >= 11 is 0. The van der Waals surface area contributed by atoms with Gasteiger partial charge in [-0.15, -0.1) is 0 Å². The largest absolute Gasteiger partial charge is 0.871 e. The summed E-state index contributed by atoms with van der Waals surface area (Å²) in [7, 11) is 3.96. The minimum absolute atomic E-state index is 0.197. The van der Waals surface area contributed by atoms with Gasteiger partial charge in [0.05, 0.1) is 26.4 Å². The first kappa shape index (κ1) is 52.5. The van der Waals surface area contributed by atoms with Crippen molar-refractivity contribution in [2.24, 2.45) is 0 Å². The predicted octanol–water partition coefficient (Wildman–Crippen LogP) is 7.57. The molecule has 0 radical (unpaired) electrons. The van der Waals surface area contributed by atoms with E-state index in [0.717, 1.165) is 100 Å². The lowest BCUT2D eigenvalue weighted by Gasteiger charge is -2.32. The number of ketones is 2. The van der Waals surface area contributed by atoms with Crippen molar-refractivity contribution in [3.05, 3.63) is 142 Å². The molecule has 11 heteroatoms. The van der Waals surface area contributed by atoms with Crippen LogP contribution in [0.2, 0.25) is 0 Å². The summed E-state index contributed by atoms with van der Waals surface area (Å²) in [6, 6.07) is 15.8. The molecule has 2 aromatic carbocycles. The van der Waals surface area contributed by atoms with Gasteiger partial charge in [-0.1, -0.05) is 89.2 Å². The van der Waals surface area contributed by atoms with Crippen molar-refractivity contribution in [3.63, 3.8) is 0 Å². The van der Waals surface area contributed by atoms with Crippen molar-refractivity contribution in [3.8, 4) is 0 Å². The Balaban J connectivity index is 0.857. The second kappa shape index (κ2) is 26.8. The van der Waals surface area contributed by atoms with E-state index in [4.69, 9.17) is 14.2 Å². The highest BCUT2D eigenvalue weighted by Gasteiger charge is 2.32. The maximum atomic E-state index is 13.2. The van der Waals surface area contributed by atoms with Crippen LogP contribution in [0, 0.1) is 0 Å². The van der Waals surface area contributed by atoms with Crippen LogP contribution in [0.15, 0.2) is 131 Å². The minimum Gasteiger partial charge on any atom is -0.871 e. The summed E-state index contributed by atoms with van der Waals surface area (Å²) < 4.78 is 21.5. The van der Waals surface area contributed by atoms with Crippen LogP contribution in [0.1, 0.15) is 90.2 Å². The van der Waals surface area contributed by atoms with E-state index in [0.29, 0.717) is 75.0 Å². The third-order valence-electron chi connectivity index (χ3n) is 13.1. The van der Waals surface area contributed by atoms with Gasteiger partial charge in [-0.05, 0) is 96.5 Å². The van der Waals surface area contributed by atoms with Crippen molar-refractivity contribution < 1.29 is 43.2 Å². The van der Waals surface area contributed by atoms with Crippen LogP contribution < -0.4 is 20.0 Å². The van der Waals surface area contributed by atoms with Crippen molar-refractivity contribution in [2.45, 2.75) is 79.1 Å². The van der Waals surface area contributed by atoms with Crippen molar-refractivity contribution in [2.75, 3.05) is 103 Å². The molecule has 0 heterocycles. The van der Waals surface area contributed by atoms with Gasteiger partial charge in [0, 0.05) is 84.2 Å². The Morgan fingerprint density at radius 1 is 0.435 bits per heavy atom. The van der Waals surface area contributed by atoms with E-state index in [1.165, 1.54) is 0 Å². The van der Waals surface area contributed by atoms with Gasteiger partial charge in [0.2, 0.25) is 0 Å². The van der Waals surface area contributed by atoms with E-state index in [9.17, 15) is 19.8 Å². The zero-order chi connectivity index (χ0) is 49.1. The van der Waals surface area contributed by atoms with E-state index >= 15 is 0 Å². The normalized spacial score (nSPS) is 15.5. The molecule has 69 heavy (non-hydrogen) atoms. The average Bonchev–Trinajstić information content (AvgIpc) is 3.36. The number of hydrogen-bond donors (Lipinski definition) is 0. The fraction of sp³-hybridized carbons (Fsp3) is 0.448. The predicted molar refractivity (Wildman–Crippen MR) is 276 cm³/mol. The van der Waals surface area contributed by atoms with Crippen molar-refractivity contribution >= 4 is 45.5 Å². The molecule has 0 aromatic heterocycles. The zero-order valence-corrected chi connectivity index (χ0v) is 42.0. The number of hydrogen-bond acceptors (Lipinski definition) is 9. The molecule has 368 valence electrons. The highest BCUT2D eigenvalue weighted by molar-refractivity contribution is 6.40. The molecule has 0 atom stereocenters. The van der Waals surface area contributed by atoms with Crippen LogP contribution in [0.5, 0.6) is 0 Å². The summed E-state index contributed by atoms with van der Waals surface area (Å²) in [6.07, 6.45) is 24.1. The zero-order valence-electron chi connectivity index (χ0n) is 42.0. The molecule has 4 aliphatic rings. The number of carbonyl (C=O) groups excluding carboxylic acids is 2. The van der Waals surface area contributed by atoms with Gasteiger partial charge in [0.25, 0.3) is 0 Å². The summed E-state index contributed by atoms with van der Waals surface area (Å²) in [6.45, 7) is 17.0. The SMILES string of the molecule is CCCCN(CCCC)c1ccc(C2=C([O-])C(=C3C=CC(=[N+](C)CCOCCOCCOCC[N+](C)=C4C=CC(=C5C(=O)C(c6ccc(N(CCCC)CCCC)cc6)=C5[O-])C=C4)C=C3)C2=O)cc1. The van der Waals surface area contributed by atoms with Gasteiger partial charge >= 0.3 is 0 Å². The Morgan fingerprint density at radius 2 is 0.739 bits per heavy atom. The third kappa shape index (κ3) is 13.7. The highest BCUT2D eigenvalue weighted by Crippen LogP contribution is 2.39. The molecule has 0 bridgehead atoms. The third-order valence-corrected chi connectivity index (χ3v) is 13.1. The van der Waals surface area contributed by atoms with Crippen LogP contribution >= 0.6 is 0 Å². The fourth-order valence-electron chi connectivity index (χ4n) is 8.62. The number of Topliss-reactive ketones (excluding diaryl/α,β-unsaturated/α-hetero) is 2. The first-order valence-corrected chi connectivity index (χ1v) is 25.3. The van der Waals surface area contributed by atoms with Crippen LogP contribution in [0.4, 0.5) is 11.4 Å². The summed E-state index contributed by atoms with van der Waals surface area (Å²) in [5, 5.41) is 26.5. The number of anilines is 2. The quantitative estimate of drug-likeness (QED) is 0.0484. The van der Waals surface area contributed by atoms with E-state index in [-0.39, 0.29) is 45.4 Å². The number of ether oxygens (including phenoxy) is 3. The fourth-order valence-corrected chi connectivity index (χ4v) is 8.62. The molecule has 0 amide bonds. The second-order valence-electron chi connectivity index (χ2n) is 18.1. The number of likely N-dealkylation sites (N-methyl/N-ethyl adjacent to an activating group) is 2. The minimum atomic E-state index is -0.197. The van der Waals surface area contributed by atoms with Gasteiger partial charge in [-0.25, -0.2) is 9.15 Å². The number of nitrogens with zero attached hydrogens (tertiary/aromatic N) is 4. The van der Waals surface area contributed by atoms with Crippen LogP contribution in [-0.4, -0.2) is 125 Å². The molecular weight excluding hydrogens is 865 g/mol. The number of benzene rings is 2. The van der Waals surface area contributed by atoms with E-state index < -0.39 is 0 Å². The maximum absolute atomic E-state index is 13.2. The van der Waals surface area contributed by atoms with Gasteiger partial charge in [0.15, 0.2) is 36.1 Å².